The highest BCUT2D eigenvalue weighted by Gasteiger charge is 2.34. The molecule has 41 heavy (non-hydrogen) atoms. The van der Waals surface area contributed by atoms with Crippen LogP contribution in [0.15, 0.2) is 77.7 Å². The number of rotatable bonds is 13. The number of aryl methyl sites for hydroxylation is 1. The summed E-state index contributed by atoms with van der Waals surface area (Å²) in [4.78, 5) is 28.6. The minimum Gasteiger partial charge on any atom is -0.497 e. The third-order valence-electron chi connectivity index (χ3n) is 6.88. The fraction of sp³-hybridized carbons (Fsp3) is 0.355. The van der Waals surface area contributed by atoms with E-state index in [-0.39, 0.29) is 34.8 Å². The van der Waals surface area contributed by atoms with Crippen LogP contribution in [0.5, 0.6) is 11.5 Å². The van der Waals surface area contributed by atoms with Crippen molar-refractivity contribution in [3.05, 3.63) is 83.9 Å². The maximum absolute atomic E-state index is 14.1. The van der Waals surface area contributed by atoms with Gasteiger partial charge in [-0.15, -0.1) is 0 Å². The summed E-state index contributed by atoms with van der Waals surface area (Å²) in [5.74, 6) is -0.0805. The van der Waals surface area contributed by atoms with Crippen LogP contribution in [0.2, 0.25) is 0 Å². The lowest BCUT2D eigenvalue weighted by molar-refractivity contribution is -0.139. The van der Waals surface area contributed by atoms with Gasteiger partial charge in [0.05, 0.1) is 24.8 Å². The standard InChI is InChI=1S/C31H39N3O6S/c1-7-23(3)32-31(36)24(4)33(20-25-12-10-11-22(2)19-25)30(35)21-34(28-13-8-9-14-29(28)40-6)41(37,38)27-17-15-26(39-5)16-18-27/h8-19,23-24H,7,20-21H2,1-6H3,(H,32,36)/t23-,24+/m0/s1. The number of carbonyl (C=O) groups is 2. The maximum atomic E-state index is 14.1. The molecule has 0 saturated carbocycles. The van der Waals surface area contributed by atoms with Gasteiger partial charge in [-0.2, -0.15) is 0 Å². The van der Waals surface area contributed by atoms with Crippen molar-refractivity contribution >= 4 is 27.5 Å². The van der Waals surface area contributed by atoms with Crippen LogP contribution in [0.1, 0.15) is 38.3 Å². The van der Waals surface area contributed by atoms with E-state index in [4.69, 9.17) is 9.47 Å². The number of carbonyl (C=O) groups excluding carboxylic acids is 2. The van der Waals surface area contributed by atoms with E-state index >= 15 is 0 Å². The van der Waals surface area contributed by atoms with Crippen molar-refractivity contribution in [3.8, 4) is 11.5 Å². The van der Waals surface area contributed by atoms with Crippen molar-refractivity contribution in [1.82, 2.24) is 10.2 Å². The summed E-state index contributed by atoms with van der Waals surface area (Å²) < 4.78 is 39.7. The summed E-state index contributed by atoms with van der Waals surface area (Å²) in [6.07, 6.45) is 0.728. The topological polar surface area (TPSA) is 105 Å². The molecule has 0 aliphatic carbocycles. The second-order valence-electron chi connectivity index (χ2n) is 9.86. The predicted octanol–water partition coefficient (Wildman–Crippen LogP) is 4.54. The molecule has 3 aromatic rings. The van der Waals surface area contributed by atoms with Gasteiger partial charge in [0.25, 0.3) is 10.0 Å². The lowest BCUT2D eigenvalue weighted by Crippen LogP contribution is -2.52. The number of nitrogens with zero attached hydrogens (tertiary/aromatic N) is 2. The second-order valence-corrected chi connectivity index (χ2v) is 11.7. The number of hydrogen-bond donors (Lipinski definition) is 1. The molecule has 10 heteroatoms. The van der Waals surface area contributed by atoms with Crippen molar-refractivity contribution in [1.29, 1.82) is 0 Å². The minimum absolute atomic E-state index is 0.0233. The molecule has 0 fully saturated rings. The van der Waals surface area contributed by atoms with Crippen molar-refractivity contribution < 1.29 is 27.5 Å². The zero-order chi connectivity index (χ0) is 30.2. The van der Waals surface area contributed by atoms with Gasteiger partial charge in [-0.05, 0) is 69.2 Å². The Hall–Kier alpha value is -4.05. The van der Waals surface area contributed by atoms with Gasteiger partial charge < -0.3 is 19.7 Å². The van der Waals surface area contributed by atoms with Gasteiger partial charge in [-0.1, -0.05) is 48.9 Å². The average molecular weight is 582 g/mol. The summed E-state index contributed by atoms with van der Waals surface area (Å²) in [6.45, 7) is 7.01. The van der Waals surface area contributed by atoms with Crippen LogP contribution in [-0.2, 0) is 26.2 Å². The van der Waals surface area contributed by atoms with Crippen LogP contribution in [0.3, 0.4) is 0 Å². The molecule has 0 saturated heterocycles. The van der Waals surface area contributed by atoms with Gasteiger partial charge in [0.2, 0.25) is 11.8 Å². The van der Waals surface area contributed by atoms with E-state index in [1.807, 2.05) is 45.0 Å². The fourth-order valence-corrected chi connectivity index (χ4v) is 5.70. The van der Waals surface area contributed by atoms with Gasteiger partial charge in [0.15, 0.2) is 0 Å². The summed E-state index contributed by atoms with van der Waals surface area (Å²) in [6, 6.07) is 19.2. The number of amides is 2. The molecule has 9 nitrogen and oxygen atoms in total. The minimum atomic E-state index is -4.24. The van der Waals surface area contributed by atoms with Gasteiger partial charge >= 0.3 is 0 Å². The first-order valence-electron chi connectivity index (χ1n) is 13.5. The first-order chi connectivity index (χ1) is 19.5. The molecule has 0 unspecified atom stereocenters. The number of sulfonamides is 1. The lowest BCUT2D eigenvalue weighted by Gasteiger charge is -2.33. The summed E-state index contributed by atoms with van der Waals surface area (Å²) in [5.41, 5.74) is 2.03. The van der Waals surface area contributed by atoms with Crippen LogP contribution in [0.25, 0.3) is 0 Å². The second kappa shape index (κ2) is 14.0. The van der Waals surface area contributed by atoms with Crippen molar-refractivity contribution in [2.24, 2.45) is 0 Å². The van der Waals surface area contributed by atoms with Crippen molar-refractivity contribution in [2.75, 3.05) is 25.1 Å². The predicted molar refractivity (Wildman–Crippen MR) is 160 cm³/mol. The molecule has 0 aliphatic heterocycles. The molecule has 0 aromatic heterocycles. The number of anilines is 1. The van der Waals surface area contributed by atoms with Crippen LogP contribution in [-0.4, -0.2) is 58.0 Å². The smallest absolute Gasteiger partial charge is 0.264 e. The molecule has 1 N–H and O–H groups in total. The van der Waals surface area contributed by atoms with Crippen LogP contribution in [0, 0.1) is 6.92 Å². The Labute approximate surface area is 243 Å². The Morgan fingerprint density at radius 3 is 2.22 bits per heavy atom. The lowest BCUT2D eigenvalue weighted by atomic mass is 10.1. The SMILES string of the molecule is CC[C@H](C)NC(=O)[C@@H](C)N(Cc1cccc(C)c1)C(=O)CN(c1ccccc1OC)S(=O)(=O)c1ccc(OC)cc1. The first kappa shape index (κ1) is 31.5. The third kappa shape index (κ3) is 7.79. The highest BCUT2D eigenvalue weighted by Crippen LogP contribution is 2.33. The number of para-hydroxylation sites is 2. The normalized spacial score (nSPS) is 12.6. The third-order valence-corrected chi connectivity index (χ3v) is 8.66. The Morgan fingerprint density at radius 2 is 1.61 bits per heavy atom. The molecule has 0 heterocycles. The summed E-state index contributed by atoms with van der Waals surface area (Å²) in [7, 11) is -1.31. The highest BCUT2D eigenvalue weighted by molar-refractivity contribution is 7.92. The monoisotopic (exact) mass is 581 g/mol. The van der Waals surface area contributed by atoms with E-state index < -0.39 is 28.5 Å². The number of benzene rings is 3. The van der Waals surface area contributed by atoms with Crippen LogP contribution in [0.4, 0.5) is 5.69 Å². The zero-order valence-corrected chi connectivity index (χ0v) is 25.3. The average Bonchev–Trinajstić information content (AvgIpc) is 2.98. The molecule has 3 aromatic carbocycles. The molecular weight excluding hydrogens is 542 g/mol. The van der Waals surface area contributed by atoms with Crippen LogP contribution < -0.4 is 19.1 Å². The Bertz CT molecular complexity index is 1440. The van der Waals surface area contributed by atoms with Crippen molar-refractivity contribution in [3.63, 3.8) is 0 Å². The largest absolute Gasteiger partial charge is 0.497 e. The Kier molecular flexibility index (Phi) is 10.8. The fourth-order valence-electron chi connectivity index (χ4n) is 4.28. The molecule has 2 atom stereocenters. The van der Waals surface area contributed by atoms with E-state index in [2.05, 4.69) is 5.32 Å². The quantitative estimate of drug-likeness (QED) is 0.318. The van der Waals surface area contributed by atoms with Gasteiger partial charge in [0.1, 0.15) is 24.1 Å². The van der Waals surface area contributed by atoms with E-state index in [0.29, 0.717) is 5.75 Å². The molecule has 0 radical (unpaired) electrons. The van der Waals surface area contributed by atoms with Gasteiger partial charge in [0, 0.05) is 12.6 Å². The molecule has 0 aliphatic rings. The Morgan fingerprint density at radius 1 is 0.927 bits per heavy atom. The van der Waals surface area contributed by atoms with E-state index in [1.54, 1.807) is 43.3 Å². The molecule has 3 rings (SSSR count). The molecule has 0 bridgehead atoms. The molecule has 0 spiro atoms. The van der Waals surface area contributed by atoms with Crippen molar-refractivity contribution in [2.45, 2.75) is 57.6 Å². The maximum Gasteiger partial charge on any atom is 0.264 e. The number of nitrogens with one attached hydrogen (secondary N) is 1. The van der Waals surface area contributed by atoms with E-state index in [1.165, 1.54) is 31.3 Å². The summed E-state index contributed by atoms with van der Waals surface area (Å²) in [5, 5.41) is 2.94. The number of methoxy groups -OCH3 is 2. The number of hydrogen-bond acceptors (Lipinski definition) is 6. The van der Waals surface area contributed by atoms with Gasteiger partial charge in [-0.25, -0.2) is 8.42 Å². The summed E-state index contributed by atoms with van der Waals surface area (Å²) >= 11 is 0. The molecule has 2 amide bonds. The van der Waals surface area contributed by atoms with Crippen LogP contribution >= 0.6 is 0 Å². The van der Waals surface area contributed by atoms with E-state index in [9.17, 15) is 18.0 Å². The Balaban J connectivity index is 2.07. The van der Waals surface area contributed by atoms with Gasteiger partial charge in [-0.3, -0.25) is 13.9 Å². The highest BCUT2D eigenvalue weighted by atomic mass is 32.2. The van der Waals surface area contributed by atoms with E-state index in [0.717, 1.165) is 21.9 Å². The molecular formula is C31H39N3O6S. The first-order valence-corrected chi connectivity index (χ1v) is 14.9. The molecule has 220 valence electrons. The number of ether oxygens (including phenoxy) is 2. The zero-order valence-electron chi connectivity index (χ0n) is 24.5.